The molecule has 5 saturated heterocycles. The zero-order valence-electron chi connectivity index (χ0n) is 12.7. The third-order valence-corrected chi connectivity index (χ3v) is 10.4. The molecule has 0 aromatic carbocycles. The third kappa shape index (κ3) is 2.33. The first kappa shape index (κ1) is 15.6. The minimum Gasteiger partial charge on any atom is -0.368 e. The molecule has 5 rings (SSSR count). The van der Waals surface area contributed by atoms with Crippen LogP contribution in [0.5, 0.6) is 0 Å². The fourth-order valence-electron chi connectivity index (χ4n) is 3.63. The normalized spacial score (nSPS) is 52.2. The van der Waals surface area contributed by atoms with Crippen molar-refractivity contribution < 1.29 is 26.6 Å². The molecular weight excluding hydrogens is 324 g/mol. The van der Waals surface area contributed by atoms with Crippen molar-refractivity contribution in [1.29, 1.82) is 0 Å². The Morgan fingerprint density at radius 2 is 1.27 bits per heavy atom. The Kier molecular flexibility index (Phi) is 3.97. The summed E-state index contributed by atoms with van der Waals surface area (Å²) in [7, 11) is -5.04. The van der Waals surface area contributed by atoms with E-state index in [-0.39, 0.29) is 30.7 Å². The van der Waals surface area contributed by atoms with Gasteiger partial charge in [0.25, 0.3) is 0 Å². The molecule has 22 heavy (non-hydrogen) atoms. The number of hydrogen-bond donors (Lipinski definition) is 2. The standard InChI is InChI=1S/C12H24N2O6Si2/c1-8-9-10(17-21(15-8,16-9)6-2-4-13)11-12-19-22(18-11,20-12)7-3-5-14/h8-12H,2-7,13-14H2,1H3. The van der Waals surface area contributed by atoms with Crippen molar-refractivity contribution in [1.82, 2.24) is 0 Å². The Bertz CT molecular complexity index is 440. The maximum atomic E-state index is 6.20. The van der Waals surface area contributed by atoms with E-state index in [9.17, 15) is 0 Å². The summed E-state index contributed by atoms with van der Waals surface area (Å²) in [5.74, 6) is 0. The van der Waals surface area contributed by atoms with Gasteiger partial charge in [-0.1, -0.05) is 0 Å². The molecule has 5 unspecified atom stereocenters. The molecule has 0 amide bonds. The molecule has 5 heterocycles. The second-order valence-corrected chi connectivity index (χ2v) is 11.5. The van der Waals surface area contributed by atoms with Crippen LogP contribution in [-0.4, -0.2) is 61.4 Å². The van der Waals surface area contributed by atoms with E-state index in [0.29, 0.717) is 13.1 Å². The first-order chi connectivity index (χ1) is 10.6. The van der Waals surface area contributed by atoms with Crippen LogP contribution in [0.15, 0.2) is 0 Å². The molecule has 0 spiro atoms. The first-order valence-electron chi connectivity index (χ1n) is 8.07. The van der Waals surface area contributed by atoms with E-state index in [4.69, 9.17) is 38.0 Å². The molecule has 5 fully saturated rings. The summed E-state index contributed by atoms with van der Waals surface area (Å²) in [4.78, 5) is 0. The molecule has 4 N–H and O–H groups in total. The van der Waals surface area contributed by atoms with Crippen molar-refractivity contribution in [3.63, 3.8) is 0 Å². The summed E-state index contributed by atoms with van der Waals surface area (Å²) in [6.45, 7) is 3.25. The van der Waals surface area contributed by atoms with Crippen LogP contribution in [0.2, 0.25) is 12.1 Å². The van der Waals surface area contributed by atoms with E-state index in [1.807, 2.05) is 6.92 Å². The van der Waals surface area contributed by atoms with E-state index in [2.05, 4.69) is 0 Å². The smallest absolute Gasteiger partial charge is 0.368 e. The van der Waals surface area contributed by atoms with E-state index in [0.717, 1.165) is 24.9 Å². The monoisotopic (exact) mass is 348 g/mol. The van der Waals surface area contributed by atoms with Crippen molar-refractivity contribution in [3.05, 3.63) is 0 Å². The van der Waals surface area contributed by atoms with Crippen molar-refractivity contribution in [3.8, 4) is 0 Å². The largest absolute Gasteiger partial charge is 0.505 e. The molecule has 4 bridgehead atoms. The van der Waals surface area contributed by atoms with Gasteiger partial charge in [0.2, 0.25) is 0 Å². The zero-order chi connectivity index (χ0) is 15.4. The van der Waals surface area contributed by atoms with Gasteiger partial charge >= 0.3 is 17.6 Å². The first-order valence-corrected chi connectivity index (χ1v) is 11.9. The lowest BCUT2D eigenvalue weighted by molar-refractivity contribution is -0.128. The van der Waals surface area contributed by atoms with Gasteiger partial charge in [-0.2, -0.15) is 0 Å². The van der Waals surface area contributed by atoms with Crippen LogP contribution in [0, 0.1) is 0 Å². The van der Waals surface area contributed by atoms with E-state index in [1.165, 1.54) is 0 Å². The van der Waals surface area contributed by atoms with Gasteiger partial charge < -0.3 is 38.0 Å². The Morgan fingerprint density at radius 3 is 1.91 bits per heavy atom. The molecule has 5 aliphatic heterocycles. The molecule has 8 nitrogen and oxygen atoms in total. The highest BCUT2D eigenvalue weighted by molar-refractivity contribution is 6.64. The van der Waals surface area contributed by atoms with Crippen molar-refractivity contribution in [2.75, 3.05) is 13.1 Å². The van der Waals surface area contributed by atoms with Crippen molar-refractivity contribution >= 4 is 17.6 Å². The lowest BCUT2D eigenvalue weighted by atomic mass is 10.0. The highest BCUT2D eigenvalue weighted by Crippen LogP contribution is 2.49. The summed E-state index contributed by atoms with van der Waals surface area (Å²) in [5, 5.41) is 0. The lowest BCUT2D eigenvalue weighted by Gasteiger charge is -2.34. The van der Waals surface area contributed by atoms with Crippen LogP contribution < -0.4 is 11.5 Å². The van der Waals surface area contributed by atoms with Crippen LogP contribution >= 0.6 is 0 Å². The van der Waals surface area contributed by atoms with Gasteiger partial charge in [-0.15, -0.1) is 0 Å². The number of nitrogens with two attached hydrogens (primary N) is 2. The van der Waals surface area contributed by atoms with Crippen LogP contribution in [0.1, 0.15) is 19.8 Å². The van der Waals surface area contributed by atoms with Crippen LogP contribution in [0.4, 0.5) is 0 Å². The van der Waals surface area contributed by atoms with Gasteiger partial charge in [0.05, 0.1) is 6.10 Å². The molecular formula is C12H24N2O6Si2. The molecule has 5 aliphatic rings. The average molecular weight is 349 g/mol. The minimum atomic E-state index is -2.58. The SMILES string of the molecule is CC1O[Si]2(CCCN)OC1C(C1O[Si]3(CCCN)OC1O3)O2. The summed E-state index contributed by atoms with van der Waals surface area (Å²) in [6, 6.07) is 1.53. The van der Waals surface area contributed by atoms with Crippen LogP contribution in [0.25, 0.3) is 0 Å². The molecule has 0 aliphatic carbocycles. The fraction of sp³-hybridized carbons (Fsp3) is 1.00. The maximum Gasteiger partial charge on any atom is 0.505 e. The van der Waals surface area contributed by atoms with Gasteiger partial charge in [-0.05, 0) is 32.9 Å². The molecule has 0 radical (unpaired) electrons. The third-order valence-electron chi connectivity index (χ3n) is 4.66. The Morgan fingerprint density at radius 1 is 0.727 bits per heavy atom. The molecule has 126 valence electrons. The van der Waals surface area contributed by atoms with Crippen molar-refractivity contribution in [2.45, 2.75) is 62.6 Å². The Balaban J connectivity index is 1.43. The summed E-state index contributed by atoms with van der Waals surface area (Å²) >= 11 is 0. The molecule has 5 atom stereocenters. The highest BCUT2D eigenvalue weighted by atomic mass is 28.4. The minimum absolute atomic E-state index is 0.0197. The number of hydrogen-bond acceptors (Lipinski definition) is 8. The predicted molar refractivity (Wildman–Crippen MR) is 79.6 cm³/mol. The summed E-state index contributed by atoms with van der Waals surface area (Å²) in [5.41, 5.74) is 11.2. The second-order valence-electron chi connectivity index (χ2n) is 6.32. The quantitative estimate of drug-likeness (QED) is 0.595. The molecule has 0 aromatic heterocycles. The topological polar surface area (TPSA) is 107 Å². The number of rotatable bonds is 7. The maximum absolute atomic E-state index is 6.20. The fourth-order valence-corrected chi connectivity index (χ4v) is 9.66. The Hall–Kier alpha value is 0.114. The molecule has 0 saturated carbocycles. The van der Waals surface area contributed by atoms with Crippen LogP contribution in [-0.2, 0) is 26.6 Å². The van der Waals surface area contributed by atoms with Crippen LogP contribution in [0.3, 0.4) is 0 Å². The van der Waals surface area contributed by atoms with Gasteiger partial charge in [-0.25, -0.2) is 0 Å². The van der Waals surface area contributed by atoms with Crippen molar-refractivity contribution in [2.24, 2.45) is 11.5 Å². The average Bonchev–Trinajstić information content (AvgIpc) is 3.17. The van der Waals surface area contributed by atoms with Gasteiger partial charge in [-0.3, -0.25) is 0 Å². The number of fused-ring (bicyclic) bond motifs is 3. The second kappa shape index (κ2) is 5.58. The summed E-state index contributed by atoms with van der Waals surface area (Å²) in [6.07, 6.45) is 0.945. The predicted octanol–water partition coefficient (Wildman–Crippen LogP) is -0.464. The molecule has 0 aromatic rings. The Labute approximate surface area is 132 Å². The van der Waals surface area contributed by atoms with Gasteiger partial charge in [0.15, 0.2) is 6.29 Å². The highest BCUT2D eigenvalue weighted by Gasteiger charge is 2.72. The lowest BCUT2D eigenvalue weighted by Crippen LogP contribution is -2.54. The summed E-state index contributed by atoms with van der Waals surface area (Å²) < 4.78 is 36.2. The van der Waals surface area contributed by atoms with E-state index in [1.54, 1.807) is 0 Å². The van der Waals surface area contributed by atoms with E-state index >= 15 is 0 Å². The van der Waals surface area contributed by atoms with Gasteiger partial charge in [0.1, 0.15) is 18.3 Å². The van der Waals surface area contributed by atoms with Gasteiger partial charge in [0, 0.05) is 12.1 Å². The van der Waals surface area contributed by atoms with E-state index < -0.39 is 17.6 Å². The molecule has 10 heteroatoms. The zero-order valence-corrected chi connectivity index (χ0v) is 14.7.